The molecular formula is C15H16ClN3O2. The van der Waals surface area contributed by atoms with Crippen molar-refractivity contribution < 1.29 is 9.32 Å². The molecule has 0 bridgehead atoms. The Labute approximate surface area is 127 Å². The lowest BCUT2D eigenvalue weighted by Gasteiger charge is -2.23. The molecule has 1 fully saturated rings. The van der Waals surface area contributed by atoms with Gasteiger partial charge in [-0.3, -0.25) is 4.79 Å². The van der Waals surface area contributed by atoms with Gasteiger partial charge in [-0.25, -0.2) is 0 Å². The first-order valence-corrected chi connectivity index (χ1v) is 7.35. The number of piperidine rings is 1. The van der Waals surface area contributed by atoms with Crippen LogP contribution in [0.3, 0.4) is 0 Å². The molecule has 0 unspecified atom stereocenters. The summed E-state index contributed by atoms with van der Waals surface area (Å²) in [7, 11) is 0. The summed E-state index contributed by atoms with van der Waals surface area (Å²) in [5.41, 5.74) is 1.00. The highest BCUT2D eigenvalue weighted by molar-refractivity contribution is 6.33. The predicted molar refractivity (Wildman–Crippen MR) is 80.3 cm³/mol. The zero-order valence-electron chi connectivity index (χ0n) is 11.4. The van der Waals surface area contributed by atoms with Gasteiger partial charge in [0.15, 0.2) is 11.5 Å². The van der Waals surface area contributed by atoms with Crippen molar-refractivity contribution in [3.63, 3.8) is 0 Å². The Morgan fingerprint density at radius 1 is 1.43 bits per heavy atom. The lowest BCUT2D eigenvalue weighted by Crippen LogP contribution is -2.45. The second-order valence-corrected chi connectivity index (χ2v) is 5.48. The largest absolute Gasteiger partial charge is 0.355 e. The number of carbonyl (C=O) groups is 1. The maximum atomic E-state index is 12.1. The van der Waals surface area contributed by atoms with Crippen LogP contribution in [-0.4, -0.2) is 30.2 Å². The molecule has 110 valence electrons. The van der Waals surface area contributed by atoms with E-state index in [0.29, 0.717) is 10.8 Å². The van der Waals surface area contributed by atoms with Gasteiger partial charge in [-0.1, -0.05) is 28.9 Å². The van der Waals surface area contributed by atoms with E-state index in [1.807, 2.05) is 18.2 Å². The first-order valence-electron chi connectivity index (χ1n) is 6.97. The lowest BCUT2D eigenvalue weighted by atomic mass is 10.1. The standard InChI is InChI=1S/C15H16ClN3O2/c16-12-6-2-1-5-11(12)14-8-13(19-21-14)15(20)18-10-4-3-7-17-9-10/h1-2,5-6,8,10,17H,3-4,7,9H2,(H,18,20)/t10-/m0/s1. The van der Waals surface area contributed by atoms with Crippen LogP contribution >= 0.6 is 11.6 Å². The fraction of sp³-hybridized carbons (Fsp3) is 0.333. The molecule has 21 heavy (non-hydrogen) atoms. The van der Waals surface area contributed by atoms with Crippen molar-refractivity contribution in [1.29, 1.82) is 0 Å². The van der Waals surface area contributed by atoms with Gasteiger partial charge in [-0.05, 0) is 31.5 Å². The van der Waals surface area contributed by atoms with Crippen molar-refractivity contribution in [2.24, 2.45) is 0 Å². The maximum absolute atomic E-state index is 12.1. The number of hydrogen-bond acceptors (Lipinski definition) is 4. The molecule has 1 saturated heterocycles. The summed E-state index contributed by atoms with van der Waals surface area (Å²) in [6.45, 7) is 1.80. The number of amides is 1. The van der Waals surface area contributed by atoms with Crippen molar-refractivity contribution in [3.05, 3.63) is 41.0 Å². The van der Waals surface area contributed by atoms with Crippen LogP contribution in [0.5, 0.6) is 0 Å². The van der Waals surface area contributed by atoms with Crippen molar-refractivity contribution in [2.75, 3.05) is 13.1 Å². The number of nitrogens with zero attached hydrogens (tertiary/aromatic N) is 1. The number of rotatable bonds is 3. The molecule has 0 aliphatic carbocycles. The van der Waals surface area contributed by atoms with Gasteiger partial charge >= 0.3 is 0 Å². The molecule has 0 spiro atoms. The molecule has 1 atom stereocenters. The van der Waals surface area contributed by atoms with Crippen LogP contribution in [0.2, 0.25) is 5.02 Å². The zero-order valence-corrected chi connectivity index (χ0v) is 12.2. The van der Waals surface area contributed by atoms with Crippen molar-refractivity contribution in [1.82, 2.24) is 15.8 Å². The van der Waals surface area contributed by atoms with Crippen LogP contribution in [0.15, 0.2) is 34.9 Å². The second-order valence-electron chi connectivity index (χ2n) is 5.07. The number of hydrogen-bond donors (Lipinski definition) is 2. The Bertz CT molecular complexity index is 635. The summed E-state index contributed by atoms with van der Waals surface area (Å²) in [5, 5.41) is 10.6. The Hall–Kier alpha value is -1.85. The SMILES string of the molecule is O=C(N[C@H]1CCCNC1)c1cc(-c2ccccc2Cl)on1. The highest BCUT2D eigenvalue weighted by atomic mass is 35.5. The van der Waals surface area contributed by atoms with E-state index >= 15 is 0 Å². The lowest BCUT2D eigenvalue weighted by molar-refractivity contribution is 0.0921. The Balaban J connectivity index is 1.72. The average Bonchev–Trinajstić information content (AvgIpc) is 2.98. The third-order valence-electron chi connectivity index (χ3n) is 3.51. The highest BCUT2D eigenvalue weighted by Gasteiger charge is 2.19. The first kappa shape index (κ1) is 14.1. The number of halogens is 1. The van der Waals surface area contributed by atoms with Crippen molar-refractivity contribution in [3.8, 4) is 11.3 Å². The first-order chi connectivity index (χ1) is 10.2. The summed E-state index contributed by atoms with van der Waals surface area (Å²) < 4.78 is 5.23. The van der Waals surface area contributed by atoms with Gasteiger partial charge < -0.3 is 15.2 Å². The minimum atomic E-state index is -0.217. The molecule has 0 saturated carbocycles. The van der Waals surface area contributed by atoms with E-state index in [-0.39, 0.29) is 17.6 Å². The number of carbonyl (C=O) groups excluding carboxylic acids is 1. The number of nitrogens with one attached hydrogen (secondary N) is 2. The molecular weight excluding hydrogens is 290 g/mol. The van der Waals surface area contributed by atoms with E-state index in [1.54, 1.807) is 12.1 Å². The van der Waals surface area contributed by atoms with Gasteiger partial charge in [0, 0.05) is 24.2 Å². The number of aromatic nitrogens is 1. The van der Waals surface area contributed by atoms with Gasteiger partial charge in [0.2, 0.25) is 0 Å². The van der Waals surface area contributed by atoms with Crippen LogP contribution in [0.25, 0.3) is 11.3 Å². The van der Waals surface area contributed by atoms with E-state index in [2.05, 4.69) is 15.8 Å². The fourth-order valence-corrected chi connectivity index (χ4v) is 2.63. The van der Waals surface area contributed by atoms with Crippen LogP contribution in [0, 0.1) is 0 Å². The molecule has 5 nitrogen and oxygen atoms in total. The Morgan fingerprint density at radius 2 is 2.29 bits per heavy atom. The summed E-state index contributed by atoms with van der Waals surface area (Å²) in [4.78, 5) is 12.1. The normalized spacial score (nSPS) is 18.4. The molecule has 0 radical (unpaired) electrons. The predicted octanol–water partition coefficient (Wildman–Crippen LogP) is 2.48. The highest BCUT2D eigenvalue weighted by Crippen LogP contribution is 2.27. The molecule has 2 N–H and O–H groups in total. The minimum absolute atomic E-state index is 0.145. The quantitative estimate of drug-likeness (QED) is 0.914. The van der Waals surface area contributed by atoms with Crippen LogP contribution < -0.4 is 10.6 Å². The molecule has 6 heteroatoms. The molecule has 2 heterocycles. The third-order valence-corrected chi connectivity index (χ3v) is 3.84. The van der Waals surface area contributed by atoms with Gasteiger partial charge in [-0.2, -0.15) is 0 Å². The van der Waals surface area contributed by atoms with Crippen LogP contribution in [-0.2, 0) is 0 Å². The topological polar surface area (TPSA) is 67.2 Å². The summed E-state index contributed by atoms with van der Waals surface area (Å²) in [6.07, 6.45) is 2.04. The molecule has 1 aromatic carbocycles. The second kappa shape index (κ2) is 6.28. The molecule has 1 aliphatic heterocycles. The average molecular weight is 306 g/mol. The fourth-order valence-electron chi connectivity index (χ4n) is 2.40. The van der Waals surface area contributed by atoms with Gasteiger partial charge in [0.05, 0.1) is 5.02 Å². The number of benzene rings is 1. The summed E-state index contributed by atoms with van der Waals surface area (Å²) in [6, 6.07) is 9.06. The van der Waals surface area contributed by atoms with E-state index < -0.39 is 0 Å². The van der Waals surface area contributed by atoms with E-state index in [4.69, 9.17) is 16.1 Å². The smallest absolute Gasteiger partial charge is 0.273 e. The monoisotopic (exact) mass is 305 g/mol. The van der Waals surface area contributed by atoms with Gasteiger partial charge in [-0.15, -0.1) is 0 Å². The van der Waals surface area contributed by atoms with Crippen LogP contribution in [0.4, 0.5) is 0 Å². The van der Waals surface area contributed by atoms with E-state index in [0.717, 1.165) is 31.5 Å². The maximum Gasteiger partial charge on any atom is 0.273 e. The zero-order chi connectivity index (χ0) is 14.7. The summed E-state index contributed by atoms with van der Waals surface area (Å²) >= 11 is 6.11. The molecule has 3 rings (SSSR count). The third kappa shape index (κ3) is 3.25. The van der Waals surface area contributed by atoms with Gasteiger partial charge in [0.25, 0.3) is 5.91 Å². The Kier molecular flexibility index (Phi) is 4.22. The Morgan fingerprint density at radius 3 is 3.05 bits per heavy atom. The van der Waals surface area contributed by atoms with E-state index in [9.17, 15) is 4.79 Å². The van der Waals surface area contributed by atoms with Crippen LogP contribution in [0.1, 0.15) is 23.3 Å². The molecule has 1 aliphatic rings. The molecule has 2 aromatic rings. The van der Waals surface area contributed by atoms with E-state index in [1.165, 1.54) is 0 Å². The van der Waals surface area contributed by atoms with Crippen molar-refractivity contribution in [2.45, 2.75) is 18.9 Å². The molecule has 1 amide bonds. The molecule has 1 aromatic heterocycles. The summed E-state index contributed by atoms with van der Waals surface area (Å²) in [5.74, 6) is 0.276. The minimum Gasteiger partial charge on any atom is -0.355 e. The van der Waals surface area contributed by atoms with Crippen molar-refractivity contribution >= 4 is 17.5 Å². The van der Waals surface area contributed by atoms with Gasteiger partial charge in [0.1, 0.15) is 0 Å².